The number of hydrogen-bond acceptors (Lipinski definition) is 4. The van der Waals surface area contributed by atoms with Gasteiger partial charge in [-0.15, -0.1) is 0 Å². The standard InChI is InChI=1S/C12H11Cl2NO4S/c13-10-4-11(14)12(3-9(10)6-16)20(17,18)15-5-8-1-2-19-7-8/h1-4,7,15-16H,5-6H2. The van der Waals surface area contributed by atoms with Crippen molar-refractivity contribution < 1.29 is 17.9 Å². The fourth-order valence-corrected chi connectivity index (χ4v) is 3.42. The molecule has 0 amide bonds. The highest BCUT2D eigenvalue weighted by Crippen LogP contribution is 2.28. The normalized spacial score (nSPS) is 11.8. The van der Waals surface area contributed by atoms with Crippen LogP contribution in [0.15, 0.2) is 40.0 Å². The van der Waals surface area contributed by atoms with Crippen molar-refractivity contribution in [3.05, 3.63) is 51.9 Å². The van der Waals surface area contributed by atoms with Gasteiger partial charge in [-0.3, -0.25) is 0 Å². The van der Waals surface area contributed by atoms with Crippen molar-refractivity contribution >= 4 is 33.2 Å². The van der Waals surface area contributed by atoms with E-state index in [0.717, 1.165) is 0 Å². The third kappa shape index (κ3) is 3.34. The Morgan fingerprint density at radius 1 is 1.25 bits per heavy atom. The van der Waals surface area contributed by atoms with Crippen LogP contribution in [0.1, 0.15) is 11.1 Å². The van der Waals surface area contributed by atoms with Crippen LogP contribution in [0, 0.1) is 0 Å². The highest BCUT2D eigenvalue weighted by molar-refractivity contribution is 7.89. The van der Waals surface area contributed by atoms with E-state index in [9.17, 15) is 8.42 Å². The van der Waals surface area contributed by atoms with Crippen LogP contribution >= 0.6 is 23.2 Å². The van der Waals surface area contributed by atoms with E-state index in [1.807, 2.05) is 0 Å². The molecule has 8 heteroatoms. The Labute approximate surface area is 126 Å². The molecule has 0 fully saturated rings. The zero-order valence-corrected chi connectivity index (χ0v) is 12.5. The Morgan fingerprint density at radius 3 is 2.60 bits per heavy atom. The minimum Gasteiger partial charge on any atom is -0.472 e. The predicted molar refractivity (Wildman–Crippen MR) is 75.1 cm³/mol. The van der Waals surface area contributed by atoms with Gasteiger partial charge in [-0.05, 0) is 23.8 Å². The zero-order valence-electron chi connectivity index (χ0n) is 10.1. The van der Waals surface area contributed by atoms with Gasteiger partial charge < -0.3 is 9.52 Å². The van der Waals surface area contributed by atoms with E-state index < -0.39 is 10.0 Å². The Bertz CT molecular complexity index is 698. The number of hydrogen-bond donors (Lipinski definition) is 2. The van der Waals surface area contributed by atoms with Gasteiger partial charge in [0.15, 0.2) is 0 Å². The van der Waals surface area contributed by atoms with Crippen molar-refractivity contribution in [2.75, 3.05) is 0 Å². The van der Waals surface area contributed by atoms with Crippen LogP contribution in [0.25, 0.3) is 0 Å². The summed E-state index contributed by atoms with van der Waals surface area (Å²) in [5.41, 5.74) is 0.973. The van der Waals surface area contributed by atoms with Crippen molar-refractivity contribution in [3.63, 3.8) is 0 Å². The van der Waals surface area contributed by atoms with E-state index >= 15 is 0 Å². The lowest BCUT2D eigenvalue weighted by atomic mass is 10.2. The first-order chi connectivity index (χ1) is 9.44. The van der Waals surface area contributed by atoms with E-state index in [2.05, 4.69) is 4.72 Å². The fraction of sp³-hybridized carbons (Fsp3) is 0.167. The molecule has 5 nitrogen and oxygen atoms in total. The van der Waals surface area contributed by atoms with Crippen LogP contribution in [-0.2, 0) is 23.2 Å². The summed E-state index contributed by atoms with van der Waals surface area (Å²) < 4.78 is 31.6. The van der Waals surface area contributed by atoms with Crippen molar-refractivity contribution in [2.45, 2.75) is 18.0 Å². The molecule has 1 heterocycles. The van der Waals surface area contributed by atoms with Crippen molar-refractivity contribution in [3.8, 4) is 0 Å². The smallest absolute Gasteiger partial charge is 0.242 e. The lowest BCUT2D eigenvalue weighted by Gasteiger charge is -2.10. The van der Waals surface area contributed by atoms with E-state index in [1.54, 1.807) is 6.07 Å². The van der Waals surface area contributed by atoms with Gasteiger partial charge in [0.1, 0.15) is 4.90 Å². The number of aliphatic hydroxyl groups is 1. The molecule has 108 valence electrons. The Morgan fingerprint density at radius 2 is 2.00 bits per heavy atom. The lowest BCUT2D eigenvalue weighted by Crippen LogP contribution is -2.23. The highest BCUT2D eigenvalue weighted by Gasteiger charge is 2.20. The van der Waals surface area contributed by atoms with Crippen molar-refractivity contribution in [1.82, 2.24) is 4.72 Å². The monoisotopic (exact) mass is 335 g/mol. The molecule has 0 bridgehead atoms. The summed E-state index contributed by atoms with van der Waals surface area (Å²) in [6.45, 7) is -0.299. The molecule has 0 radical (unpaired) electrons. The quantitative estimate of drug-likeness (QED) is 0.879. The molecule has 2 rings (SSSR count). The van der Waals surface area contributed by atoms with Gasteiger partial charge in [-0.2, -0.15) is 0 Å². The Hall–Kier alpha value is -1.05. The molecule has 2 N–H and O–H groups in total. The average Bonchev–Trinajstić information content (AvgIpc) is 2.89. The first-order valence-electron chi connectivity index (χ1n) is 5.53. The number of furan rings is 1. The van der Waals surface area contributed by atoms with Gasteiger partial charge >= 0.3 is 0 Å². The maximum absolute atomic E-state index is 12.2. The van der Waals surface area contributed by atoms with Crippen LogP contribution in [0.4, 0.5) is 0 Å². The van der Waals surface area contributed by atoms with Gasteiger partial charge in [0.2, 0.25) is 10.0 Å². The van der Waals surface area contributed by atoms with Crippen molar-refractivity contribution in [1.29, 1.82) is 0 Å². The number of nitrogens with one attached hydrogen (secondary N) is 1. The van der Waals surface area contributed by atoms with Crippen LogP contribution in [0.2, 0.25) is 10.0 Å². The SMILES string of the molecule is O=S(=O)(NCc1ccoc1)c1cc(CO)c(Cl)cc1Cl. The predicted octanol–water partition coefficient (Wildman–Crippen LogP) is 2.56. The summed E-state index contributed by atoms with van der Waals surface area (Å²) in [5.74, 6) is 0. The number of rotatable bonds is 5. The van der Waals surface area contributed by atoms with Gasteiger partial charge in [0.05, 0.1) is 24.2 Å². The maximum atomic E-state index is 12.2. The molecule has 0 spiro atoms. The highest BCUT2D eigenvalue weighted by atomic mass is 35.5. The maximum Gasteiger partial charge on any atom is 0.242 e. The lowest BCUT2D eigenvalue weighted by molar-refractivity contribution is 0.281. The Balaban J connectivity index is 2.29. The number of aliphatic hydroxyl groups excluding tert-OH is 1. The molecular formula is C12H11Cl2NO4S. The van der Waals surface area contributed by atoms with E-state index in [0.29, 0.717) is 11.1 Å². The number of sulfonamides is 1. The van der Waals surface area contributed by atoms with Crippen LogP contribution in [0.5, 0.6) is 0 Å². The largest absolute Gasteiger partial charge is 0.472 e. The average molecular weight is 336 g/mol. The van der Waals surface area contributed by atoms with Gasteiger partial charge in [0.25, 0.3) is 0 Å². The number of halogens is 2. The summed E-state index contributed by atoms with van der Waals surface area (Å²) >= 11 is 11.7. The molecule has 0 saturated heterocycles. The number of benzene rings is 1. The molecule has 0 atom stereocenters. The van der Waals surface area contributed by atoms with E-state index in [1.165, 1.54) is 24.7 Å². The van der Waals surface area contributed by atoms with Crippen LogP contribution in [-0.4, -0.2) is 13.5 Å². The molecule has 0 saturated carbocycles. The molecule has 0 aliphatic carbocycles. The van der Waals surface area contributed by atoms with Crippen molar-refractivity contribution in [2.24, 2.45) is 0 Å². The summed E-state index contributed by atoms with van der Waals surface area (Å²) in [6, 6.07) is 4.19. The minimum absolute atomic E-state index is 0.00751. The molecule has 0 unspecified atom stereocenters. The second-order valence-corrected chi connectivity index (χ2v) is 6.54. The molecule has 1 aromatic heterocycles. The van der Waals surface area contributed by atoms with Gasteiger partial charge in [-0.1, -0.05) is 23.2 Å². The molecule has 0 aliphatic heterocycles. The van der Waals surface area contributed by atoms with Crippen LogP contribution in [0.3, 0.4) is 0 Å². The second kappa shape index (κ2) is 6.15. The molecule has 2 aromatic rings. The summed E-state index contributed by atoms with van der Waals surface area (Å²) in [5, 5.41) is 9.33. The summed E-state index contributed by atoms with van der Waals surface area (Å²) in [4.78, 5) is -0.129. The van der Waals surface area contributed by atoms with Gasteiger partial charge in [0, 0.05) is 17.1 Å². The molecule has 0 aliphatic rings. The van der Waals surface area contributed by atoms with Gasteiger partial charge in [-0.25, -0.2) is 13.1 Å². The molecule has 20 heavy (non-hydrogen) atoms. The zero-order chi connectivity index (χ0) is 14.8. The third-order valence-corrected chi connectivity index (χ3v) is 4.82. The van der Waals surface area contributed by atoms with E-state index in [4.69, 9.17) is 32.7 Å². The first-order valence-corrected chi connectivity index (χ1v) is 7.77. The van der Waals surface area contributed by atoms with Crippen LogP contribution < -0.4 is 4.72 Å². The summed E-state index contributed by atoms with van der Waals surface area (Å²) in [7, 11) is -3.81. The first kappa shape index (κ1) is 15.3. The summed E-state index contributed by atoms with van der Waals surface area (Å²) in [6.07, 6.45) is 2.88. The fourth-order valence-electron chi connectivity index (χ4n) is 1.55. The Kier molecular flexibility index (Phi) is 4.72. The molecular weight excluding hydrogens is 325 g/mol. The minimum atomic E-state index is -3.81. The topological polar surface area (TPSA) is 79.5 Å². The second-order valence-electron chi connectivity index (χ2n) is 3.99. The molecule has 1 aromatic carbocycles. The van der Waals surface area contributed by atoms with E-state index in [-0.39, 0.29) is 28.1 Å². The third-order valence-electron chi connectivity index (χ3n) is 2.61.